The number of hydrogen-bond acceptors (Lipinski definition) is 4. The Morgan fingerprint density at radius 1 is 1.25 bits per heavy atom. The van der Waals surface area contributed by atoms with E-state index in [-0.39, 0.29) is 24.2 Å². The van der Waals surface area contributed by atoms with Crippen LogP contribution in [0.25, 0.3) is 5.69 Å². The van der Waals surface area contributed by atoms with Crippen LogP contribution in [-0.4, -0.2) is 38.0 Å². The molecule has 1 unspecified atom stereocenters. The average molecular weight is 345 g/mol. The smallest absolute Gasteiger partial charge is 0.237 e. The molecule has 2 saturated heterocycles. The number of para-hydroxylation sites is 1. The van der Waals surface area contributed by atoms with E-state index in [4.69, 9.17) is 0 Å². The second-order valence-corrected chi connectivity index (χ2v) is 7.35. The molecule has 1 aromatic carbocycles. The molecule has 1 aromatic heterocycles. The Hall–Kier alpha value is -2.15. The summed E-state index contributed by atoms with van der Waals surface area (Å²) in [4.78, 5) is 26.3. The van der Waals surface area contributed by atoms with E-state index < -0.39 is 5.41 Å². The maximum Gasteiger partial charge on any atom is 0.237 e. The fourth-order valence-corrected chi connectivity index (χ4v) is 4.76. The van der Waals surface area contributed by atoms with Gasteiger partial charge in [-0.25, -0.2) is 9.07 Å². The summed E-state index contributed by atoms with van der Waals surface area (Å²) in [6.45, 7) is 0.144. The number of likely N-dealkylation sites (tertiary alicyclic amines) is 1. The van der Waals surface area contributed by atoms with Crippen molar-refractivity contribution < 1.29 is 14.0 Å². The summed E-state index contributed by atoms with van der Waals surface area (Å²) in [5, 5.41) is 4.31. The third-order valence-electron chi connectivity index (χ3n) is 4.66. The molecule has 0 N–H and O–H groups in total. The third kappa shape index (κ3) is 2.43. The van der Waals surface area contributed by atoms with E-state index in [2.05, 4.69) is 5.10 Å². The van der Waals surface area contributed by atoms with Crippen molar-refractivity contribution in [3.63, 3.8) is 0 Å². The highest BCUT2D eigenvalue weighted by Crippen LogP contribution is 2.45. The first kappa shape index (κ1) is 15.4. The van der Waals surface area contributed by atoms with E-state index >= 15 is 0 Å². The first-order valence-electron chi connectivity index (χ1n) is 7.81. The highest BCUT2D eigenvalue weighted by atomic mass is 32.2. The highest BCUT2D eigenvalue weighted by molar-refractivity contribution is 7.99. The topological polar surface area (TPSA) is 55.2 Å². The Kier molecular flexibility index (Phi) is 3.68. The van der Waals surface area contributed by atoms with Crippen LogP contribution in [0.15, 0.2) is 36.5 Å². The lowest BCUT2D eigenvalue weighted by molar-refractivity contribution is -0.141. The summed E-state index contributed by atoms with van der Waals surface area (Å²) in [5.74, 6) is 1.05. The Bertz CT molecular complexity index is 814. The van der Waals surface area contributed by atoms with Gasteiger partial charge in [-0.15, -0.1) is 0 Å². The number of rotatable bonds is 3. The van der Waals surface area contributed by atoms with E-state index in [9.17, 15) is 14.0 Å². The van der Waals surface area contributed by atoms with E-state index in [1.54, 1.807) is 42.2 Å². The summed E-state index contributed by atoms with van der Waals surface area (Å²) in [6.07, 6.45) is 2.70. The molecular formula is C17H16FN3O2S. The van der Waals surface area contributed by atoms with Crippen molar-refractivity contribution in [1.82, 2.24) is 14.7 Å². The number of imide groups is 1. The molecule has 0 bridgehead atoms. The van der Waals surface area contributed by atoms with Crippen molar-refractivity contribution >= 4 is 23.6 Å². The molecule has 1 spiro atoms. The van der Waals surface area contributed by atoms with Gasteiger partial charge in [0.25, 0.3) is 0 Å². The zero-order chi connectivity index (χ0) is 16.7. The van der Waals surface area contributed by atoms with E-state index in [0.717, 1.165) is 17.9 Å². The van der Waals surface area contributed by atoms with Gasteiger partial charge in [0.15, 0.2) is 0 Å². The summed E-state index contributed by atoms with van der Waals surface area (Å²) < 4.78 is 15.3. The molecular weight excluding hydrogens is 329 g/mol. The summed E-state index contributed by atoms with van der Waals surface area (Å²) in [6, 6.07) is 8.05. The second kappa shape index (κ2) is 5.73. The monoisotopic (exact) mass is 345 g/mol. The van der Waals surface area contributed by atoms with E-state index in [0.29, 0.717) is 17.8 Å². The van der Waals surface area contributed by atoms with Crippen molar-refractivity contribution in [1.29, 1.82) is 0 Å². The maximum absolute atomic E-state index is 13.8. The Balaban J connectivity index is 1.55. The fourth-order valence-electron chi connectivity index (χ4n) is 3.32. The van der Waals surface area contributed by atoms with Crippen LogP contribution in [0, 0.1) is 11.2 Å². The van der Waals surface area contributed by atoms with Gasteiger partial charge in [-0.1, -0.05) is 12.1 Å². The summed E-state index contributed by atoms with van der Waals surface area (Å²) in [7, 11) is 0. The molecule has 2 amide bonds. The molecule has 24 heavy (non-hydrogen) atoms. The van der Waals surface area contributed by atoms with E-state index in [1.165, 1.54) is 15.6 Å². The minimum Gasteiger partial charge on any atom is -0.276 e. The van der Waals surface area contributed by atoms with Gasteiger partial charge in [-0.2, -0.15) is 16.9 Å². The molecule has 2 fully saturated rings. The second-order valence-electron chi connectivity index (χ2n) is 6.25. The molecule has 1 atom stereocenters. The number of carbonyl (C=O) groups is 2. The maximum atomic E-state index is 13.8. The molecule has 0 radical (unpaired) electrons. The Morgan fingerprint density at radius 2 is 2.08 bits per heavy atom. The lowest BCUT2D eigenvalue weighted by Crippen LogP contribution is -2.35. The molecule has 4 rings (SSSR count). The van der Waals surface area contributed by atoms with Crippen LogP contribution >= 0.6 is 11.8 Å². The number of hydrogen-bond donors (Lipinski definition) is 0. The average Bonchev–Trinajstić information content (AvgIpc) is 3.26. The minimum absolute atomic E-state index is 0.0852. The van der Waals surface area contributed by atoms with Crippen molar-refractivity contribution in [2.75, 3.05) is 11.5 Å². The van der Waals surface area contributed by atoms with Crippen LogP contribution in [0.1, 0.15) is 18.5 Å². The lowest BCUT2D eigenvalue weighted by atomic mass is 9.86. The zero-order valence-electron chi connectivity index (χ0n) is 12.9. The standard InChI is InChI=1S/C17H16FN3O2S/c18-13-3-1-2-4-14(13)21-7-5-12(19-21)10-20-15(22)9-17(16(20)23)6-8-24-11-17/h1-5,7H,6,8-11H2. The van der Waals surface area contributed by atoms with Gasteiger partial charge < -0.3 is 0 Å². The zero-order valence-corrected chi connectivity index (χ0v) is 13.8. The quantitative estimate of drug-likeness (QED) is 0.802. The molecule has 0 aliphatic carbocycles. The fraction of sp³-hybridized carbons (Fsp3) is 0.353. The van der Waals surface area contributed by atoms with Crippen LogP contribution in [0.4, 0.5) is 4.39 Å². The number of amides is 2. The number of halogens is 1. The van der Waals surface area contributed by atoms with Gasteiger partial charge in [0.2, 0.25) is 11.8 Å². The minimum atomic E-state index is -0.504. The first-order valence-corrected chi connectivity index (χ1v) is 8.97. The summed E-state index contributed by atoms with van der Waals surface area (Å²) in [5.41, 5.74) is 0.407. The Morgan fingerprint density at radius 3 is 2.83 bits per heavy atom. The number of thioether (sulfide) groups is 1. The molecule has 0 saturated carbocycles. The first-order chi connectivity index (χ1) is 11.6. The molecule has 2 aliphatic rings. The predicted molar refractivity (Wildman–Crippen MR) is 88.1 cm³/mol. The molecule has 7 heteroatoms. The predicted octanol–water partition coefficient (Wildman–Crippen LogP) is 2.39. The number of nitrogens with zero attached hydrogens (tertiary/aromatic N) is 3. The van der Waals surface area contributed by atoms with Crippen LogP contribution in [0.2, 0.25) is 0 Å². The number of benzene rings is 1. The Labute approximate surface area is 142 Å². The van der Waals surface area contributed by atoms with Gasteiger partial charge in [0, 0.05) is 18.4 Å². The van der Waals surface area contributed by atoms with Gasteiger partial charge in [0.1, 0.15) is 11.5 Å². The molecule has 3 heterocycles. The normalized spacial score (nSPS) is 23.6. The van der Waals surface area contributed by atoms with Crippen molar-refractivity contribution in [3.05, 3.63) is 48.0 Å². The number of aromatic nitrogens is 2. The molecule has 124 valence electrons. The third-order valence-corrected chi connectivity index (χ3v) is 5.91. The van der Waals surface area contributed by atoms with Crippen LogP contribution in [0.5, 0.6) is 0 Å². The van der Waals surface area contributed by atoms with Gasteiger partial charge in [-0.3, -0.25) is 14.5 Å². The van der Waals surface area contributed by atoms with E-state index in [1.807, 2.05) is 0 Å². The SMILES string of the molecule is O=C1CC2(CCSC2)C(=O)N1Cc1ccn(-c2ccccc2F)n1. The highest BCUT2D eigenvalue weighted by Gasteiger charge is 2.53. The largest absolute Gasteiger partial charge is 0.276 e. The molecule has 2 aromatic rings. The van der Waals surface area contributed by atoms with Gasteiger partial charge >= 0.3 is 0 Å². The number of carbonyl (C=O) groups excluding carboxylic acids is 2. The lowest BCUT2D eigenvalue weighted by Gasteiger charge is -2.19. The van der Waals surface area contributed by atoms with Gasteiger partial charge in [-0.05, 0) is 30.4 Å². The van der Waals surface area contributed by atoms with Crippen LogP contribution in [0.3, 0.4) is 0 Å². The van der Waals surface area contributed by atoms with Crippen LogP contribution in [-0.2, 0) is 16.1 Å². The van der Waals surface area contributed by atoms with Crippen molar-refractivity contribution in [2.24, 2.45) is 5.41 Å². The van der Waals surface area contributed by atoms with Crippen molar-refractivity contribution in [2.45, 2.75) is 19.4 Å². The molecule has 2 aliphatic heterocycles. The molecule has 5 nitrogen and oxygen atoms in total. The van der Waals surface area contributed by atoms with Gasteiger partial charge in [0.05, 0.1) is 17.7 Å². The van der Waals surface area contributed by atoms with Crippen molar-refractivity contribution in [3.8, 4) is 5.69 Å². The summed E-state index contributed by atoms with van der Waals surface area (Å²) >= 11 is 1.73. The van der Waals surface area contributed by atoms with Crippen LogP contribution < -0.4 is 0 Å².